The maximum Gasteiger partial charge on any atom is 0.187 e. The lowest BCUT2D eigenvalue weighted by Gasteiger charge is -2.40. The summed E-state index contributed by atoms with van der Waals surface area (Å²) in [6.07, 6.45) is -5.42. The van der Waals surface area contributed by atoms with E-state index in [-0.39, 0.29) is 0 Å². The normalized spacial score (nSPS) is 42.9. The smallest absolute Gasteiger partial charge is 0.187 e. The minimum Gasteiger partial charge on any atom is -0.394 e. The first-order chi connectivity index (χ1) is 10.4. The monoisotopic (exact) mass is 316 g/mol. The van der Waals surface area contributed by atoms with Gasteiger partial charge in [0, 0.05) is 0 Å². The lowest BCUT2D eigenvalue weighted by atomic mass is 9.99. The summed E-state index contributed by atoms with van der Waals surface area (Å²) >= 11 is 0. The topological polar surface area (TPSA) is 137 Å². The van der Waals surface area contributed by atoms with Crippen LogP contribution in [-0.4, -0.2) is 80.8 Å². The Balaban J connectivity index is 2.08. The molecule has 8 nitrogen and oxygen atoms in total. The van der Waals surface area contributed by atoms with Gasteiger partial charge in [-0.2, -0.15) is 0 Å². The van der Waals surface area contributed by atoms with Crippen molar-refractivity contribution in [3.05, 3.63) is 23.8 Å². The molecule has 0 unspecified atom stereocenters. The van der Waals surface area contributed by atoms with Gasteiger partial charge in [0.25, 0.3) is 0 Å². The highest BCUT2D eigenvalue weighted by atomic mass is 16.7. The molecule has 8 heteroatoms. The summed E-state index contributed by atoms with van der Waals surface area (Å²) in [6.45, 7) is 1.12. The van der Waals surface area contributed by atoms with E-state index in [2.05, 4.69) is 0 Å². The van der Waals surface area contributed by atoms with Crippen LogP contribution in [0.25, 0.3) is 0 Å². The summed E-state index contributed by atoms with van der Waals surface area (Å²) < 4.78 is 10.4. The van der Waals surface area contributed by atoms with Gasteiger partial charge in [0.05, 0.1) is 6.61 Å². The van der Waals surface area contributed by atoms with Crippen LogP contribution < -0.4 is 0 Å². The number of hydrogen-bond donors (Lipinski definition) is 5. The maximum absolute atomic E-state index is 11.9. The second-order valence-corrected chi connectivity index (χ2v) is 5.25. The third-order valence-electron chi connectivity index (χ3n) is 3.71. The highest BCUT2D eigenvalue weighted by molar-refractivity contribution is 5.98. The molecule has 0 radical (unpaired) electrons. The summed E-state index contributed by atoms with van der Waals surface area (Å²) in [5, 5.41) is 48.3. The van der Waals surface area contributed by atoms with Crippen LogP contribution >= 0.6 is 0 Å². The Labute approximate surface area is 126 Å². The summed E-state index contributed by atoms with van der Waals surface area (Å²) in [7, 11) is 0. The Morgan fingerprint density at radius 3 is 2.50 bits per heavy atom. The number of carbonyl (C=O) groups is 1. The molecule has 0 bridgehead atoms. The molecule has 1 heterocycles. The van der Waals surface area contributed by atoms with Crippen molar-refractivity contribution in [1.29, 1.82) is 0 Å². The standard InChI is InChI=1S/C14H20O8/c1-2-3-6-4-7(16)13(9(6)17)22-14-12(20)11(19)10(18)8(5-15)21-14/h2-4,8-15,17-20H,5H2,1H3/b3-2+/t8-,9+,10-,11+,12-,13+,14-/m1/s1. The van der Waals surface area contributed by atoms with Crippen LogP contribution in [0.1, 0.15) is 6.92 Å². The van der Waals surface area contributed by atoms with E-state index >= 15 is 0 Å². The van der Waals surface area contributed by atoms with E-state index in [1.54, 1.807) is 19.1 Å². The van der Waals surface area contributed by atoms with Gasteiger partial charge in [0.1, 0.15) is 30.5 Å². The van der Waals surface area contributed by atoms with Crippen LogP contribution in [0, 0.1) is 0 Å². The summed E-state index contributed by atoms with van der Waals surface area (Å²) in [5.41, 5.74) is 0.363. The molecule has 7 atom stereocenters. The van der Waals surface area contributed by atoms with Gasteiger partial charge in [0.15, 0.2) is 18.2 Å². The van der Waals surface area contributed by atoms with E-state index < -0.39 is 55.3 Å². The Kier molecular flexibility index (Phi) is 5.45. The van der Waals surface area contributed by atoms with Gasteiger partial charge in [-0.15, -0.1) is 0 Å². The van der Waals surface area contributed by atoms with Gasteiger partial charge in [-0.05, 0) is 18.6 Å². The zero-order valence-corrected chi connectivity index (χ0v) is 11.9. The first kappa shape index (κ1) is 17.2. The minimum absolute atomic E-state index is 0.363. The fourth-order valence-corrected chi connectivity index (χ4v) is 2.47. The largest absolute Gasteiger partial charge is 0.394 e. The molecule has 2 aliphatic rings. The zero-order chi connectivity index (χ0) is 16.4. The molecule has 124 valence electrons. The first-order valence-electron chi connectivity index (χ1n) is 6.92. The van der Waals surface area contributed by atoms with Crippen molar-refractivity contribution in [3.8, 4) is 0 Å². The van der Waals surface area contributed by atoms with Gasteiger partial charge in [-0.25, -0.2) is 0 Å². The molecule has 22 heavy (non-hydrogen) atoms. The molecule has 0 amide bonds. The number of aliphatic hydroxyl groups is 5. The van der Waals surface area contributed by atoms with Gasteiger partial charge in [0.2, 0.25) is 0 Å². The van der Waals surface area contributed by atoms with E-state index in [4.69, 9.17) is 14.6 Å². The van der Waals surface area contributed by atoms with Crippen molar-refractivity contribution >= 4 is 5.78 Å². The number of hydrogen-bond acceptors (Lipinski definition) is 8. The first-order valence-corrected chi connectivity index (χ1v) is 6.92. The molecule has 1 saturated heterocycles. The summed E-state index contributed by atoms with van der Waals surface area (Å²) in [4.78, 5) is 11.9. The third-order valence-corrected chi connectivity index (χ3v) is 3.71. The van der Waals surface area contributed by atoms with E-state index in [0.717, 1.165) is 0 Å². The molecule has 0 spiro atoms. The predicted octanol–water partition coefficient (Wildman–Crippen LogP) is -2.38. The Morgan fingerprint density at radius 1 is 1.23 bits per heavy atom. The van der Waals surface area contributed by atoms with E-state index in [0.29, 0.717) is 5.57 Å². The molecule has 1 fully saturated rings. The van der Waals surface area contributed by atoms with E-state index in [9.17, 15) is 25.2 Å². The highest BCUT2D eigenvalue weighted by Crippen LogP contribution is 2.27. The Bertz CT molecular complexity index is 471. The molecule has 0 aromatic carbocycles. The van der Waals surface area contributed by atoms with Gasteiger partial charge in [-0.3, -0.25) is 4.79 Å². The molecule has 1 aliphatic carbocycles. The van der Waals surface area contributed by atoms with Crippen LogP contribution in [0.4, 0.5) is 0 Å². The number of rotatable bonds is 4. The van der Waals surface area contributed by atoms with Crippen LogP contribution in [0.5, 0.6) is 0 Å². The SMILES string of the molecule is C/C=C/C1=CC(=O)[C@H](O[C@H]2O[C@H](CO)[C@@H](O)[C@H](O)[C@H]2O)[C@H]1O. The van der Waals surface area contributed by atoms with Crippen LogP contribution in [0.15, 0.2) is 23.8 Å². The second-order valence-electron chi connectivity index (χ2n) is 5.25. The molecule has 0 aromatic rings. The Morgan fingerprint density at radius 2 is 1.91 bits per heavy atom. The average Bonchev–Trinajstić information content (AvgIpc) is 2.75. The van der Waals surface area contributed by atoms with Crippen molar-refractivity contribution in [2.75, 3.05) is 6.61 Å². The van der Waals surface area contributed by atoms with Crippen LogP contribution in [0.3, 0.4) is 0 Å². The number of carbonyl (C=O) groups excluding carboxylic acids is 1. The van der Waals surface area contributed by atoms with Crippen molar-refractivity contribution in [2.24, 2.45) is 0 Å². The van der Waals surface area contributed by atoms with Crippen molar-refractivity contribution < 1.29 is 39.8 Å². The lowest BCUT2D eigenvalue weighted by Crippen LogP contribution is -2.60. The maximum atomic E-state index is 11.9. The lowest BCUT2D eigenvalue weighted by molar-refractivity contribution is -0.311. The molecule has 0 saturated carbocycles. The highest BCUT2D eigenvalue weighted by Gasteiger charge is 2.47. The zero-order valence-electron chi connectivity index (χ0n) is 11.9. The molecule has 5 N–H and O–H groups in total. The molecule has 2 rings (SSSR count). The fraction of sp³-hybridized carbons (Fsp3) is 0.643. The summed E-state index contributed by atoms with van der Waals surface area (Å²) in [6, 6.07) is 0. The minimum atomic E-state index is -1.62. The number of allylic oxidation sites excluding steroid dienone is 1. The summed E-state index contributed by atoms with van der Waals surface area (Å²) in [5.74, 6) is -0.502. The Hall–Kier alpha value is -1.13. The predicted molar refractivity (Wildman–Crippen MR) is 72.6 cm³/mol. The van der Waals surface area contributed by atoms with Crippen LogP contribution in [-0.2, 0) is 14.3 Å². The molecular formula is C14H20O8. The molecule has 0 aromatic heterocycles. The molecule has 1 aliphatic heterocycles. The van der Waals surface area contributed by atoms with E-state index in [1.165, 1.54) is 6.08 Å². The van der Waals surface area contributed by atoms with Crippen molar-refractivity contribution in [1.82, 2.24) is 0 Å². The number of ether oxygens (including phenoxy) is 2. The van der Waals surface area contributed by atoms with Crippen molar-refractivity contribution in [3.63, 3.8) is 0 Å². The number of ketones is 1. The second kappa shape index (κ2) is 6.97. The average molecular weight is 316 g/mol. The third kappa shape index (κ3) is 3.13. The van der Waals surface area contributed by atoms with E-state index in [1.807, 2.05) is 0 Å². The molecular weight excluding hydrogens is 296 g/mol. The quantitative estimate of drug-likeness (QED) is 0.388. The van der Waals surface area contributed by atoms with Gasteiger partial charge in [-0.1, -0.05) is 12.2 Å². The number of aliphatic hydroxyl groups excluding tert-OH is 5. The van der Waals surface area contributed by atoms with Crippen molar-refractivity contribution in [2.45, 2.75) is 49.8 Å². The fourth-order valence-electron chi connectivity index (χ4n) is 2.47. The van der Waals surface area contributed by atoms with Crippen LogP contribution in [0.2, 0.25) is 0 Å². The van der Waals surface area contributed by atoms with Gasteiger partial charge < -0.3 is 35.0 Å². The van der Waals surface area contributed by atoms with Gasteiger partial charge >= 0.3 is 0 Å².